The Morgan fingerprint density at radius 2 is 1.60 bits per heavy atom. The maximum atomic E-state index is 2.55. The Kier molecular flexibility index (Phi) is 50.4. The molecule has 0 bridgehead atoms. The van der Waals surface area contributed by atoms with E-state index in [-0.39, 0.29) is 40.4 Å². The van der Waals surface area contributed by atoms with E-state index in [4.69, 9.17) is 0 Å². The molecule has 0 N–H and O–H groups in total. The van der Waals surface area contributed by atoms with Crippen molar-refractivity contribution in [3.05, 3.63) is 0 Å². The molecule has 0 fully saturated rings. The van der Waals surface area contributed by atoms with Crippen molar-refractivity contribution < 1.29 is 30.4 Å². The van der Waals surface area contributed by atoms with Gasteiger partial charge in [-0.2, -0.15) is 0 Å². The van der Waals surface area contributed by atoms with Gasteiger partial charge in [-0.3, -0.25) is 0 Å². The van der Waals surface area contributed by atoms with Crippen LogP contribution in [0.4, 0.5) is 0 Å². The van der Waals surface area contributed by atoms with Crippen molar-refractivity contribution in [2.75, 3.05) is 0 Å². The molecule has 0 amide bonds. The van der Waals surface area contributed by atoms with E-state index in [2.05, 4.69) is 7.93 Å². The fraction of sp³-hybridized carbons (Fsp3) is 0. The van der Waals surface area contributed by atoms with Gasteiger partial charge in [-0.25, -0.2) is 0 Å². The monoisotopic (exact) mass is 309 g/mol. The van der Waals surface area contributed by atoms with Crippen molar-refractivity contribution >= 4 is 40.7 Å². The summed E-state index contributed by atoms with van der Waals surface area (Å²) < 4.78 is 0. The molecule has 0 spiro atoms. The molecule has 0 aliphatic heterocycles. The summed E-state index contributed by atoms with van der Waals surface area (Å²) in [6.45, 7) is 0. The van der Waals surface area contributed by atoms with E-state index >= 15 is 0 Å². The molecular weight excluding hydrogens is 300 g/mol. The van der Waals surface area contributed by atoms with Crippen molar-refractivity contribution in [3.63, 3.8) is 0 Å². The van der Waals surface area contributed by atoms with Crippen molar-refractivity contribution in [1.82, 2.24) is 0 Å². The van der Waals surface area contributed by atoms with E-state index in [1.165, 1.54) is 8.85 Å². The first-order valence-electron chi connectivity index (χ1n) is 0.476. The zero-order valence-electron chi connectivity index (χ0n) is 2.20. The molecule has 0 aliphatic carbocycles. The molecule has 0 aromatic rings. The molecule has 0 heterocycles. The van der Waals surface area contributed by atoms with Crippen LogP contribution in [-0.2, 0) is 30.4 Å². The molecule has 43 valence electrons. The molecule has 0 aromatic carbocycles. The molecule has 0 aromatic heterocycles. The number of hydrogen-bond donors (Lipinski definition) is 0. The Bertz CT molecular complexity index is 11.6. The molecule has 5 heteroatoms. The first-order valence-corrected chi connectivity index (χ1v) is 5.88. The van der Waals surface area contributed by atoms with Crippen LogP contribution in [0.1, 0.15) is 0 Å². The summed E-state index contributed by atoms with van der Waals surface area (Å²) in [5.41, 5.74) is 0. The Labute approximate surface area is 70.3 Å². The number of rotatable bonds is 0. The van der Waals surface area contributed by atoms with Crippen LogP contribution in [0.25, 0.3) is 0 Å². The summed E-state index contributed by atoms with van der Waals surface area (Å²) in [7, 11) is 3.78. The molecule has 0 saturated heterocycles. The fourth-order valence-electron chi connectivity index (χ4n) is 0. The summed E-state index contributed by atoms with van der Waals surface area (Å²) in [6, 6.07) is 0. The Hall–Kier alpha value is 2.46. The van der Waals surface area contributed by atoms with E-state index < -0.39 is 0 Å². The minimum absolute atomic E-state index is 0. The van der Waals surface area contributed by atoms with Gasteiger partial charge < -0.3 is 0 Å². The fourth-order valence-corrected chi connectivity index (χ4v) is 0. The average Bonchev–Trinajstić information content (AvgIpc) is 0.918. The first kappa shape index (κ1) is 15.7. The quantitative estimate of drug-likeness (QED) is 0.348. The molecule has 0 saturated carbocycles. The molecule has 1 atom stereocenters. The van der Waals surface area contributed by atoms with Gasteiger partial charge in [-0.1, -0.05) is 0 Å². The van der Waals surface area contributed by atoms with Gasteiger partial charge in [0.1, 0.15) is 0 Å². The van der Waals surface area contributed by atoms with Gasteiger partial charge in [0.05, 0.1) is 0 Å². The van der Waals surface area contributed by atoms with Crippen LogP contribution in [0.15, 0.2) is 0 Å². The third kappa shape index (κ3) is 21.2. The SMILES string of the molecule is [Ni].[SiH3][Cu][PH2].[SnH4]. The van der Waals surface area contributed by atoms with Crippen molar-refractivity contribution in [3.8, 4) is 0 Å². The van der Waals surface area contributed by atoms with Gasteiger partial charge in [0, 0.05) is 16.5 Å². The third-order valence-electron chi connectivity index (χ3n) is 0. The number of hydrogen-bond acceptors (Lipinski definition) is 0. The van der Waals surface area contributed by atoms with Crippen LogP contribution in [0, 0.1) is 0 Å². The summed E-state index contributed by atoms with van der Waals surface area (Å²) in [4.78, 5) is 0. The van der Waals surface area contributed by atoms with E-state index in [0.717, 1.165) is 0 Å². The van der Waals surface area contributed by atoms with Gasteiger partial charge in [0.15, 0.2) is 0 Å². The van der Waals surface area contributed by atoms with E-state index in [1.54, 1.807) is 0 Å². The maximum absolute atomic E-state index is 2.55. The standard InChI is InChI=1S/Cu.Ni.H2P.H3Si.Sn.4H/h;;1H2;1H3;;;;;/q+1;;-1;;;;;;. The van der Waals surface area contributed by atoms with Crippen LogP contribution >= 0.6 is 7.93 Å². The third-order valence-corrected chi connectivity index (χ3v) is 0. The predicted molar refractivity (Wildman–Crippen MR) is 31.0 cm³/mol. The van der Waals surface area contributed by atoms with Crippen LogP contribution in [0.5, 0.6) is 0 Å². The molecule has 0 rings (SSSR count). The van der Waals surface area contributed by atoms with E-state index in [1.807, 2.05) is 13.9 Å². The normalized spacial score (nSPS) is 5.00. The summed E-state index contributed by atoms with van der Waals surface area (Å²) in [5.74, 6) is 0. The molecule has 5 heavy (non-hydrogen) atoms. The molecule has 0 radical (unpaired) electrons. The van der Waals surface area contributed by atoms with Gasteiger partial charge in [0.25, 0.3) is 0 Å². The molecule has 0 nitrogen and oxygen atoms in total. The molecule has 1 unspecified atom stereocenters. The first-order chi connectivity index (χ1) is 1.41. The second kappa shape index (κ2) is 16.1. The summed E-state index contributed by atoms with van der Waals surface area (Å²) in [5, 5.41) is 0. The zero-order chi connectivity index (χ0) is 2.71. The Morgan fingerprint density at radius 3 is 1.60 bits per heavy atom. The molecule has 0 aliphatic rings. The van der Waals surface area contributed by atoms with Gasteiger partial charge >= 0.3 is 54.6 Å². The minimum atomic E-state index is 0. The van der Waals surface area contributed by atoms with Crippen LogP contribution in [0.3, 0.4) is 0 Å². The van der Waals surface area contributed by atoms with Gasteiger partial charge in [0.2, 0.25) is 0 Å². The topological polar surface area (TPSA) is 0 Å². The second-order valence-electron chi connectivity index (χ2n) is 0.174. The van der Waals surface area contributed by atoms with E-state index in [9.17, 15) is 0 Å². The van der Waals surface area contributed by atoms with Crippen molar-refractivity contribution in [2.24, 2.45) is 0 Å². The van der Waals surface area contributed by atoms with Crippen LogP contribution < -0.4 is 0 Å². The van der Waals surface area contributed by atoms with Gasteiger partial charge in [-0.05, 0) is 0 Å². The van der Waals surface area contributed by atoms with Crippen molar-refractivity contribution in [1.29, 1.82) is 0 Å². The average molecular weight is 309 g/mol. The second-order valence-corrected chi connectivity index (χ2v) is 6.46. The van der Waals surface area contributed by atoms with Crippen LogP contribution in [-0.4, -0.2) is 32.8 Å². The van der Waals surface area contributed by atoms with Crippen molar-refractivity contribution in [2.45, 2.75) is 0 Å². The summed E-state index contributed by atoms with van der Waals surface area (Å²) >= 11 is 1.87. The molecular formula is H9CuNiPSiSn. The Morgan fingerprint density at radius 1 is 1.60 bits per heavy atom. The Balaban J connectivity index is -0.0000000200. The van der Waals surface area contributed by atoms with Gasteiger partial charge in [-0.15, -0.1) is 0 Å². The van der Waals surface area contributed by atoms with E-state index in [0.29, 0.717) is 0 Å². The summed E-state index contributed by atoms with van der Waals surface area (Å²) in [6.07, 6.45) is 0. The zero-order valence-corrected chi connectivity index (χ0v) is 7.28. The predicted octanol–water partition coefficient (Wildman–Crippen LogP) is -2.31. The van der Waals surface area contributed by atoms with Crippen LogP contribution in [0.2, 0.25) is 0 Å².